The van der Waals surface area contributed by atoms with E-state index < -0.39 is 17.6 Å². The number of esters is 1. The number of carbonyl (C=O) groups is 3. The SMILES string of the molecule is O=C(OCCCCN1C(=O)c2ccccc2C1=O)c1cc(F)c(F)cc1Cl. The molecule has 0 saturated heterocycles. The van der Waals surface area contributed by atoms with Gasteiger partial charge in [-0.25, -0.2) is 13.6 Å². The smallest absolute Gasteiger partial charge is 0.339 e. The Morgan fingerprint density at radius 1 is 1.00 bits per heavy atom. The number of halogens is 3. The Bertz CT molecular complexity index is 897. The molecule has 0 saturated carbocycles. The van der Waals surface area contributed by atoms with Gasteiger partial charge in [0, 0.05) is 6.54 Å². The summed E-state index contributed by atoms with van der Waals surface area (Å²) in [5, 5.41) is -0.245. The number of imide groups is 1. The fourth-order valence-corrected chi connectivity index (χ4v) is 2.96. The Morgan fingerprint density at radius 3 is 2.22 bits per heavy atom. The van der Waals surface area contributed by atoms with Crippen LogP contribution in [0.25, 0.3) is 0 Å². The molecule has 2 aromatic rings. The maximum absolute atomic E-state index is 13.2. The predicted molar refractivity (Wildman–Crippen MR) is 92.7 cm³/mol. The minimum absolute atomic E-state index is 0.0165. The molecule has 140 valence electrons. The van der Waals surface area contributed by atoms with Crippen molar-refractivity contribution in [3.8, 4) is 0 Å². The molecule has 5 nitrogen and oxygen atoms in total. The van der Waals surface area contributed by atoms with Crippen molar-refractivity contribution >= 4 is 29.4 Å². The van der Waals surface area contributed by atoms with Crippen molar-refractivity contribution < 1.29 is 27.9 Å². The molecule has 1 aliphatic heterocycles. The third-order valence-electron chi connectivity index (χ3n) is 4.12. The average molecular weight is 394 g/mol. The maximum Gasteiger partial charge on any atom is 0.339 e. The van der Waals surface area contributed by atoms with Crippen LogP contribution in [0.1, 0.15) is 43.9 Å². The number of unbranched alkanes of at least 4 members (excludes halogenated alkanes) is 1. The van der Waals surface area contributed by atoms with E-state index in [-0.39, 0.29) is 35.6 Å². The third-order valence-corrected chi connectivity index (χ3v) is 4.43. The number of ether oxygens (including phenoxy) is 1. The van der Waals surface area contributed by atoms with Crippen molar-refractivity contribution in [3.63, 3.8) is 0 Å². The number of hydrogen-bond donors (Lipinski definition) is 0. The van der Waals surface area contributed by atoms with E-state index in [1.807, 2.05) is 0 Å². The van der Waals surface area contributed by atoms with E-state index in [4.69, 9.17) is 16.3 Å². The van der Waals surface area contributed by atoms with Gasteiger partial charge in [0.2, 0.25) is 0 Å². The van der Waals surface area contributed by atoms with E-state index in [0.29, 0.717) is 36.1 Å². The number of carbonyl (C=O) groups excluding carboxylic acids is 3. The van der Waals surface area contributed by atoms with Gasteiger partial charge in [0.05, 0.1) is 28.3 Å². The average Bonchev–Trinajstić information content (AvgIpc) is 2.89. The van der Waals surface area contributed by atoms with Gasteiger partial charge in [-0.1, -0.05) is 23.7 Å². The number of hydrogen-bond acceptors (Lipinski definition) is 4. The van der Waals surface area contributed by atoms with Gasteiger partial charge in [-0.2, -0.15) is 0 Å². The minimum Gasteiger partial charge on any atom is -0.462 e. The molecule has 0 spiro atoms. The molecule has 0 bridgehead atoms. The zero-order valence-electron chi connectivity index (χ0n) is 14.0. The molecule has 2 aromatic carbocycles. The summed E-state index contributed by atoms with van der Waals surface area (Å²) in [7, 11) is 0. The van der Waals surface area contributed by atoms with Gasteiger partial charge >= 0.3 is 5.97 Å². The molecule has 1 aliphatic rings. The number of nitrogens with zero attached hydrogens (tertiary/aromatic N) is 1. The fraction of sp³-hybridized carbons (Fsp3) is 0.211. The van der Waals surface area contributed by atoms with Gasteiger partial charge in [0.25, 0.3) is 11.8 Å². The van der Waals surface area contributed by atoms with E-state index in [0.717, 1.165) is 4.90 Å². The van der Waals surface area contributed by atoms with Crippen LogP contribution in [-0.2, 0) is 4.74 Å². The fourth-order valence-electron chi connectivity index (χ4n) is 2.74. The number of amides is 2. The second kappa shape index (κ2) is 7.84. The summed E-state index contributed by atoms with van der Waals surface area (Å²) in [6.07, 6.45) is 0.796. The lowest BCUT2D eigenvalue weighted by Gasteiger charge is -2.13. The molecule has 0 unspecified atom stereocenters. The van der Waals surface area contributed by atoms with E-state index in [1.54, 1.807) is 24.3 Å². The number of fused-ring (bicyclic) bond motifs is 1. The second-order valence-electron chi connectivity index (χ2n) is 5.90. The summed E-state index contributed by atoms with van der Waals surface area (Å²) < 4.78 is 31.2. The Balaban J connectivity index is 1.48. The van der Waals surface area contributed by atoms with E-state index >= 15 is 0 Å². The molecule has 0 aromatic heterocycles. The van der Waals surface area contributed by atoms with Crippen LogP contribution >= 0.6 is 11.6 Å². The van der Waals surface area contributed by atoms with Gasteiger partial charge in [0.15, 0.2) is 11.6 Å². The molecular formula is C19H14ClF2NO4. The highest BCUT2D eigenvalue weighted by molar-refractivity contribution is 6.33. The largest absolute Gasteiger partial charge is 0.462 e. The second-order valence-corrected chi connectivity index (χ2v) is 6.30. The first-order valence-electron chi connectivity index (χ1n) is 8.17. The Kier molecular flexibility index (Phi) is 5.51. The van der Waals surface area contributed by atoms with Gasteiger partial charge < -0.3 is 4.74 Å². The first kappa shape index (κ1) is 19.0. The minimum atomic E-state index is -1.20. The highest BCUT2D eigenvalue weighted by Gasteiger charge is 2.34. The molecule has 2 amide bonds. The molecule has 1 heterocycles. The van der Waals surface area contributed by atoms with Crippen molar-refractivity contribution in [1.29, 1.82) is 0 Å². The normalized spacial score (nSPS) is 13.1. The highest BCUT2D eigenvalue weighted by Crippen LogP contribution is 2.23. The number of benzene rings is 2. The molecule has 3 rings (SSSR count). The van der Waals surface area contributed by atoms with Crippen molar-refractivity contribution in [2.45, 2.75) is 12.8 Å². The van der Waals surface area contributed by atoms with Crippen LogP contribution in [0, 0.1) is 11.6 Å². The van der Waals surface area contributed by atoms with Gasteiger partial charge in [-0.3, -0.25) is 14.5 Å². The van der Waals surface area contributed by atoms with Crippen LogP contribution in [0.2, 0.25) is 5.02 Å². The van der Waals surface area contributed by atoms with Crippen molar-refractivity contribution in [3.05, 3.63) is 69.7 Å². The summed E-state index contributed by atoms with van der Waals surface area (Å²) in [6, 6.07) is 7.97. The summed E-state index contributed by atoms with van der Waals surface area (Å²) in [5.74, 6) is -3.92. The summed E-state index contributed by atoms with van der Waals surface area (Å²) in [4.78, 5) is 37.4. The predicted octanol–water partition coefficient (Wildman–Crippen LogP) is 3.85. The highest BCUT2D eigenvalue weighted by atomic mass is 35.5. The van der Waals surface area contributed by atoms with Crippen molar-refractivity contribution in [2.75, 3.05) is 13.2 Å². The topological polar surface area (TPSA) is 63.7 Å². The van der Waals surface area contributed by atoms with Gasteiger partial charge in [-0.05, 0) is 37.1 Å². The van der Waals surface area contributed by atoms with Crippen LogP contribution in [-0.4, -0.2) is 35.8 Å². The Labute approximate surface area is 158 Å². The standard InChI is InChI=1S/C19H14ClF2NO4/c20-14-10-16(22)15(21)9-13(14)19(26)27-8-4-3-7-23-17(24)11-5-1-2-6-12(11)18(23)25/h1-2,5-6,9-10H,3-4,7-8H2. The Morgan fingerprint density at radius 2 is 1.59 bits per heavy atom. The maximum atomic E-state index is 13.2. The lowest BCUT2D eigenvalue weighted by Crippen LogP contribution is -2.30. The van der Waals surface area contributed by atoms with Crippen LogP contribution < -0.4 is 0 Å². The molecule has 0 atom stereocenters. The zero-order chi connectivity index (χ0) is 19.6. The first-order chi connectivity index (χ1) is 12.9. The van der Waals surface area contributed by atoms with Crippen LogP contribution in [0.15, 0.2) is 36.4 Å². The quantitative estimate of drug-likeness (QED) is 0.323. The van der Waals surface area contributed by atoms with E-state index in [2.05, 4.69) is 0 Å². The van der Waals surface area contributed by atoms with Crippen LogP contribution in [0.4, 0.5) is 8.78 Å². The third kappa shape index (κ3) is 3.83. The summed E-state index contributed by atoms with van der Waals surface area (Å²) in [5.41, 5.74) is 0.486. The molecular weight excluding hydrogens is 380 g/mol. The molecule has 0 aliphatic carbocycles. The summed E-state index contributed by atoms with van der Waals surface area (Å²) in [6.45, 7) is 0.174. The number of rotatable bonds is 6. The van der Waals surface area contributed by atoms with Gasteiger partial charge in [-0.15, -0.1) is 0 Å². The lowest BCUT2D eigenvalue weighted by atomic mass is 10.1. The van der Waals surface area contributed by atoms with Crippen LogP contribution in [0.3, 0.4) is 0 Å². The summed E-state index contributed by atoms with van der Waals surface area (Å²) >= 11 is 5.71. The lowest BCUT2D eigenvalue weighted by molar-refractivity contribution is 0.0485. The molecule has 8 heteroatoms. The van der Waals surface area contributed by atoms with Crippen molar-refractivity contribution in [1.82, 2.24) is 4.90 Å². The molecule has 27 heavy (non-hydrogen) atoms. The zero-order valence-corrected chi connectivity index (χ0v) is 14.8. The van der Waals surface area contributed by atoms with Crippen molar-refractivity contribution in [2.24, 2.45) is 0 Å². The molecule has 0 radical (unpaired) electrons. The monoisotopic (exact) mass is 393 g/mol. The molecule has 0 N–H and O–H groups in total. The molecule has 0 fully saturated rings. The van der Waals surface area contributed by atoms with Crippen LogP contribution in [0.5, 0.6) is 0 Å². The van der Waals surface area contributed by atoms with Gasteiger partial charge in [0.1, 0.15) is 0 Å². The van der Waals surface area contributed by atoms with E-state index in [1.165, 1.54) is 0 Å². The first-order valence-corrected chi connectivity index (χ1v) is 8.55. The Hall–Kier alpha value is -2.80. The van der Waals surface area contributed by atoms with E-state index in [9.17, 15) is 23.2 Å².